The quantitative estimate of drug-likeness (QED) is 0.808. The maximum atomic E-state index is 12.8. The summed E-state index contributed by atoms with van der Waals surface area (Å²) in [5, 5.41) is 2.95. The van der Waals surface area contributed by atoms with Crippen LogP contribution in [0.25, 0.3) is 0 Å². The lowest BCUT2D eigenvalue weighted by Gasteiger charge is -2.31. The van der Waals surface area contributed by atoms with Crippen LogP contribution in [-0.4, -0.2) is 42.9 Å². The Bertz CT molecular complexity index is 627. The molecule has 1 saturated carbocycles. The lowest BCUT2D eigenvalue weighted by atomic mass is 10.1. The number of nitrogens with zero attached hydrogens (tertiary/aromatic N) is 2. The van der Waals surface area contributed by atoms with Crippen LogP contribution in [0.1, 0.15) is 44.6 Å². The summed E-state index contributed by atoms with van der Waals surface area (Å²) in [4.78, 5) is 28.8. The van der Waals surface area contributed by atoms with E-state index in [1.54, 1.807) is 0 Å². The number of fused-ring (bicyclic) bond motifs is 1. The van der Waals surface area contributed by atoms with Crippen molar-refractivity contribution >= 4 is 17.5 Å². The van der Waals surface area contributed by atoms with Gasteiger partial charge in [-0.25, -0.2) is 0 Å². The number of benzene rings is 1. The van der Waals surface area contributed by atoms with Crippen molar-refractivity contribution in [2.75, 3.05) is 25.0 Å². The van der Waals surface area contributed by atoms with Gasteiger partial charge < -0.3 is 15.1 Å². The van der Waals surface area contributed by atoms with E-state index in [1.165, 1.54) is 11.3 Å². The zero-order valence-electron chi connectivity index (χ0n) is 15.3. The van der Waals surface area contributed by atoms with Gasteiger partial charge in [0.25, 0.3) is 0 Å². The van der Waals surface area contributed by atoms with Crippen LogP contribution in [0.2, 0.25) is 0 Å². The van der Waals surface area contributed by atoms with Crippen LogP contribution in [-0.2, 0) is 16.1 Å². The van der Waals surface area contributed by atoms with Gasteiger partial charge in [-0.2, -0.15) is 0 Å². The second kappa shape index (κ2) is 7.89. The molecule has 2 amide bonds. The highest BCUT2D eigenvalue weighted by Crippen LogP contribution is 2.29. The first kappa shape index (κ1) is 17.8. The van der Waals surface area contributed by atoms with Crippen molar-refractivity contribution in [1.29, 1.82) is 0 Å². The minimum absolute atomic E-state index is 0.157. The van der Waals surface area contributed by atoms with Crippen LogP contribution < -0.4 is 10.2 Å². The monoisotopic (exact) mass is 343 g/mol. The zero-order chi connectivity index (χ0) is 17.8. The molecule has 1 atom stereocenters. The molecule has 1 aliphatic heterocycles. The highest BCUT2D eigenvalue weighted by atomic mass is 16.2. The molecule has 1 heterocycles. The number of hydrogen-bond donors (Lipinski definition) is 1. The van der Waals surface area contributed by atoms with Gasteiger partial charge in [0, 0.05) is 50.7 Å². The number of carbonyl (C=O) groups is 2. The summed E-state index contributed by atoms with van der Waals surface area (Å²) in [5.74, 6) is 0.583. The first-order valence-electron chi connectivity index (χ1n) is 9.46. The Labute approximate surface area is 150 Å². The fourth-order valence-corrected chi connectivity index (χ4v) is 3.57. The van der Waals surface area contributed by atoms with Crippen molar-refractivity contribution in [2.45, 2.75) is 51.6 Å². The highest BCUT2D eigenvalue weighted by Gasteiger charge is 2.30. The Morgan fingerprint density at radius 3 is 2.72 bits per heavy atom. The maximum absolute atomic E-state index is 12.8. The molecule has 1 N–H and O–H groups in total. The Balaban J connectivity index is 1.58. The van der Waals surface area contributed by atoms with Gasteiger partial charge in [0.15, 0.2) is 0 Å². The molecule has 0 unspecified atom stereocenters. The predicted octanol–water partition coefficient (Wildman–Crippen LogP) is 2.55. The Hall–Kier alpha value is -2.04. The number of anilines is 1. The molecule has 1 aromatic rings. The Kier molecular flexibility index (Phi) is 5.61. The van der Waals surface area contributed by atoms with E-state index in [4.69, 9.17) is 0 Å². The van der Waals surface area contributed by atoms with Gasteiger partial charge >= 0.3 is 0 Å². The molecule has 3 rings (SSSR count). The number of nitrogens with one attached hydrogen (secondary N) is 1. The first-order chi connectivity index (χ1) is 12.1. The molecular weight excluding hydrogens is 314 g/mol. The van der Waals surface area contributed by atoms with E-state index in [0.29, 0.717) is 25.9 Å². The van der Waals surface area contributed by atoms with Gasteiger partial charge in [0.2, 0.25) is 11.8 Å². The summed E-state index contributed by atoms with van der Waals surface area (Å²) in [6, 6.07) is 8.56. The third-order valence-electron chi connectivity index (χ3n) is 5.28. The minimum atomic E-state index is 0.157. The predicted molar refractivity (Wildman–Crippen MR) is 99.3 cm³/mol. The highest BCUT2D eigenvalue weighted by molar-refractivity contribution is 5.81. The van der Waals surface area contributed by atoms with Crippen LogP contribution in [0.15, 0.2) is 24.3 Å². The molecule has 1 fully saturated rings. The van der Waals surface area contributed by atoms with Crippen molar-refractivity contribution < 1.29 is 9.59 Å². The summed E-state index contributed by atoms with van der Waals surface area (Å²) in [5.41, 5.74) is 2.42. The topological polar surface area (TPSA) is 52.6 Å². The molecule has 1 aromatic carbocycles. The molecule has 0 spiro atoms. The lowest BCUT2D eigenvalue weighted by molar-refractivity contribution is -0.134. The van der Waals surface area contributed by atoms with E-state index in [2.05, 4.69) is 42.4 Å². The van der Waals surface area contributed by atoms with E-state index in [1.807, 2.05) is 11.0 Å². The van der Waals surface area contributed by atoms with Crippen molar-refractivity contribution in [3.63, 3.8) is 0 Å². The number of para-hydroxylation sites is 1. The van der Waals surface area contributed by atoms with Gasteiger partial charge in [-0.1, -0.05) is 25.1 Å². The van der Waals surface area contributed by atoms with Gasteiger partial charge in [0.1, 0.15) is 0 Å². The lowest BCUT2D eigenvalue weighted by Crippen LogP contribution is -2.43. The van der Waals surface area contributed by atoms with E-state index in [-0.39, 0.29) is 23.8 Å². The zero-order valence-corrected chi connectivity index (χ0v) is 15.3. The Morgan fingerprint density at radius 2 is 2.00 bits per heavy atom. The van der Waals surface area contributed by atoms with Gasteiger partial charge in [0.05, 0.1) is 0 Å². The number of rotatable bonds is 6. The molecule has 2 aliphatic rings. The third kappa shape index (κ3) is 4.33. The maximum Gasteiger partial charge on any atom is 0.223 e. The minimum Gasteiger partial charge on any atom is -0.372 e. The third-order valence-corrected chi connectivity index (χ3v) is 5.28. The van der Waals surface area contributed by atoms with Crippen molar-refractivity contribution in [1.82, 2.24) is 10.2 Å². The molecule has 5 nitrogen and oxygen atoms in total. The second-order valence-electron chi connectivity index (χ2n) is 7.26. The average Bonchev–Trinajstić information content (AvgIpc) is 3.46. The summed E-state index contributed by atoms with van der Waals surface area (Å²) in [6.45, 7) is 4.27. The molecule has 0 radical (unpaired) electrons. The molecule has 0 aromatic heterocycles. The van der Waals surface area contributed by atoms with Gasteiger partial charge in [-0.05, 0) is 37.3 Å². The molecular formula is C20H29N3O2. The number of amides is 2. The van der Waals surface area contributed by atoms with Crippen LogP contribution in [0, 0.1) is 5.92 Å². The summed E-state index contributed by atoms with van der Waals surface area (Å²) < 4.78 is 0. The van der Waals surface area contributed by atoms with Crippen LogP contribution in [0.3, 0.4) is 0 Å². The van der Waals surface area contributed by atoms with Crippen LogP contribution in [0.5, 0.6) is 0 Å². The molecule has 136 valence electrons. The molecule has 0 bridgehead atoms. The fourth-order valence-electron chi connectivity index (χ4n) is 3.57. The van der Waals surface area contributed by atoms with Gasteiger partial charge in [-0.3, -0.25) is 9.59 Å². The summed E-state index contributed by atoms with van der Waals surface area (Å²) >= 11 is 0. The van der Waals surface area contributed by atoms with E-state index in [9.17, 15) is 9.59 Å². The largest absolute Gasteiger partial charge is 0.372 e. The van der Waals surface area contributed by atoms with Crippen LogP contribution >= 0.6 is 0 Å². The number of hydrogen-bond acceptors (Lipinski definition) is 3. The second-order valence-corrected chi connectivity index (χ2v) is 7.26. The van der Waals surface area contributed by atoms with Crippen LogP contribution in [0.4, 0.5) is 5.69 Å². The molecule has 5 heteroatoms. The van der Waals surface area contributed by atoms with Crippen molar-refractivity contribution in [2.24, 2.45) is 5.92 Å². The fraction of sp³-hybridized carbons (Fsp3) is 0.600. The molecule has 0 saturated heterocycles. The first-order valence-corrected chi connectivity index (χ1v) is 9.46. The molecule has 1 aliphatic carbocycles. The standard InChI is InChI=1S/C20H29N3O2/c1-3-17-14-22(2)18-8-5-4-7-16(18)13-23(17)19(24)9-6-12-21-20(25)15-10-11-15/h4-5,7-8,15,17H,3,6,9-14H2,1-2H3,(H,21,25)/t17-/m1/s1. The summed E-state index contributed by atoms with van der Waals surface area (Å²) in [6.07, 6.45) is 4.19. The van der Waals surface area contributed by atoms with Crippen molar-refractivity contribution in [3.05, 3.63) is 29.8 Å². The number of likely N-dealkylation sites (N-methyl/N-ethyl adjacent to an activating group) is 1. The van der Waals surface area contributed by atoms with Crippen molar-refractivity contribution in [3.8, 4) is 0 Å². The van der Waals surface area contributed by atoms with E-state index < -0.39 is 0 Å². The summed E-state index contributed by atoms with van der Waals surface area (Å²) in [7, 11) is 2.10. The van der Waals surface area contributed by atoms with E-state index in [0.717, 1.165) is 25.8 Å². The normalized spacial score (nSPS) is 20.0. The average molecular weight is 343 g/mol. The smallest absolute Gasteiger partial charge is 0.223 e. The SMILES string of the molecule is CC[C@@H]1CN(C)c2ccccc2CN1C(=O)CCCNC(=O)C1CC1. The number of carbonyl (C=O) groups excluding carboxylic acids is 2. The molecule has 25 heavy (non-hydrogen) atoms. The Morgan fingerprint density at radius 1 is 1.24 bits per heavy atom. The van der Waals surface area contributed by atoms with Gasteiger partial charge in [-0.15, -0.1) is 0 Å². The van der Waals surface area contributed by atoms with E-state index >= 15 is 0 Å².